The van der Waals surface area contributed by atoms with Gasteiger partial charge in [-0.2, -0.15) is 0 Å². The molecule has 1 aromatic carbocycles. The van der Waals surface area contributed by atoms with Gasteiger partial charge in [-0.1, -0.05) is 12.1 Å². The van der Waals surface area contributed by atoms with Gasteiger partial charge in [-0.25, -0.2) is 4.79 Å². The molecule has 186 valence electrons. The fraction of sp³-hybridized carbons (Fsp3) is 0.633. The number of H-pyrrole nitrogens is 1. The van der Waals surface area contributed by atoms with Crippen LogP contribution < -0.4 is 5.32 Å². The Balaban J connectivity index is 1.01. The maximum atomic E-state index is 13.3. The molecule has 0 atom stereocenters. The number of carbonyl (C=O) groups excluding carboxylic acids is 1. The van der Waals surface area contributed by atoms with Crippen molar-refractivity contribution in [2.75, 3.05) is 32.7 Å². The summed E-state index contributed by atoms with van der Waals surface area (Å²) < 4.78 is 0. The summed E-state index contributed by atoms with van der Waals surface area (Å²) in [6.45, 7) is 5.21. The Labute approximate surface area is 209 Å². The summed E-state index contributed by atoms with van der Waals surface area (Å²) in [5.74, 6) is 2.58. The number of nitrogens with one attached hydrogen (secondary N) is 2. The molecular formula is C30H40N4O. The number of hydrogen-bond acceptors (Lipinski definition) is 2. The molecule has 3 heterocycles. The highest BCUT2D eigenvalue weighted by Gasteiger charge is 2.51. The van der Waals surface area contributed by atoms with Crippen LogP contribution in [0.2, 0.25) is 0 Å². The highest BCUT2D eigenvalue weighted by atomic mass is 16.2. The van der Waals surface area contributed by atoms with Gasteiger partial charge < -0.3 is 20.1 Å². The number of urea groups is 1. The Morgan fingerprint density at radius 2 is 1.77 bits per heavy atom. The first kappa shape index (κ1) is 22.0. The predicted molar refractivity (Wildman–Crippen MR) is 141 cm³/mol. The number of hydrogen-bond donors (Lipinski definition) is 2. The average molecular weight is 473 g/mol. The normalized spacial score (nSPS) is 32.4. The molecule has 2 N–H and O–H groups in total. The van der Waals surface area contributed by atoms with Crippen molar-refractivity contribution in [2.45, 2.75) is 69.7 Å². The molecule has 4 aliphatic carbocycles. The van der Waals surface area contributed by atoms with Crippen LogP contribution in [0.5, 0.6) is 0 Å². The topological polar surface area (TPSA) is 51.4 Å². The third-order valence-corrected chi connectivity index (χ3v) is 9.94. The smallest absolute Gasteiger partial charge is 0.318 e. The van der Waals surface area contributed by atoms with Crippen LogP contribution in [0.25, 0.3) is 16.5 Å². The van der Waals surface area contributed by atoms with Crippen LogP contribution in [0.4, 0.5) is 4.79 Å². The highest BCUT2D eigenvalue weighted by Crippen LogP contribution is 2.55. The first-order chi connectivity index (χ1) is 17.1. The number of aromatic nitrogens is 1. The molecule has 2 aliphatic heterocycles. The van der Waals surface area contributed by atoms with Crippen LogP contribution in [0.1, 0.15) is 68.9 Å². The first-order valence-corrected chi connectivity index (χ1v) is 14.2. The Hall–Kier alpha value is -2.27. The summed E-state index contributed by atoms with van der Waals surface area (Å²) in [5, 5.41) is 4.93. The van der Waals surface area contributed by atoms with Crippen molar-refractivity contribution in [3.8, 4) is 0 Å². The van der Waals surface area contributed by atoms with E-state index in [-0.39, 0.29) is 11.6 Å². The first-order valence-electron chi connectivity index (χ1n) is 14.2. The van der Waals surface area contributed by atoms with Gasteiger partial charge in [0.25, 0.3) is 0 Å². The van der Waals surface area contributed by atoms with Crippen molar-refractivity contribution in [3.05, 3.63) is 41.6 Å². The Kier molecular flexibility index (Phi) is 5.45. The van der Waals surface area contributed by atoms with E-state index in [1.165, 1.54) is 92.1 Å². The lowest BCUT2D eigenvalue weighted by atomic mass is 9.53. The third-order valence-electron chi connectivity index (χ3n) is 9.94. The second-order valence-corrected chi connectivity index (χ2v) is 12.4. The summed E-state index contributed by atoms with van der Waals surface area (Å²) >= 11 is 0. The molecule has 0 unspecified atom stereocenters. The van der Waals surface area contributed by atoms with Crippen LogP contribution in [0.3, 0.4) is 0 Å². The van der Waals surface area contributed by atoms with Crippen LogP contribution in [-0.4, -0.2) is 59.1 Å². The SMILES string of the molecule is O=C(NC12CC3CC(CC(C3)C1)C2)N1CC=C(c2ccc3[nH]cc(CCN4CCCC4)c3c2)CC1. The number of carbonyl (C=O) groups is 1. The summed E-state index contributed by atoms with van der Waals surface area (Å²) in [7, 11) is 0. The largest absolute Gasteiger partial charge is 0.361 e. The quantitative estimate of drug-likeness (QED) is 0.597. The lowest BCUT2D eigenvalue weighted by Gasteiger charge is -2.57. The van der Waals surface area contributed by atoms with Crippen LogP contribution in [0.15, 0.2) is 30.5 Å². The van der Waals surface area contributed by atoms with Crippen LogP contribution in [-0.2, 0) is 6.42 Å². The standard InChI is InChI=1S/C30H40N4O/c35-29(32-30-17-21-13-22(18-30)15-23(14-21)19-30)34-11-6-24(7-12-34)25-3-4-28-27(16-25)26(20-31-28)5-10-33-8-1-2-9-33/h3-4,6,16,20-23,31H,1-2,5,7-15,17-19H2,(H,32,35). The lowest BCUT2D eigenvalue weighted by Crippen LogP contribution is -2.62. The van der Waals surface area contributed by atoms with Crippen molar-refractivity contribution in [3.63, 3.8) is 0 Å². The van der Waals surface area contributed by atoms with Gasteiger partial charge in [0, 0.05) is 42.3 Å². The molecule has 5 heteroatoms. The Morgan fingerprint density at radius 1 is 1.03 bits per heavy atom. The van der Waals surface area contributed by atoms with Crippen LogP contribution in [0, 0.1) is 17.8 Å². The maximum Gasteiger partial charge on any atom is 0.318 e. The second-order valence-electron chi connectivity index (χ2n) is 12.4. The fourth-order valence-corrected chi connectivity index (χ4v) is 8.56. The molecule has 5 nitrogen and oxygen atoms in total. The molecule has 4 bridgehead atoms. The van der Waals surface area contributed by atoms with E-state index in [0.717, 1.165) is 50.2 Å². The number of likely N-dealkylation sites (tertiary alicyclic amines) is 1. The van der Waals surface area contributed by atoms with Gasteiger partial charge in [0.1, 0.15) is 0 Å². The van der Waals surface area contributed by atoms with Crippen LogP contribution >= 0.6 is 0 Å². The minimum absolute atomic E-state index is 0.0978. The van der Waals surface area contributed by atoms with E-state index in [0.29, 0.717) is 0 Å². The van der Waals surface area contributed by atoms with Gasteiger partial charge in [-0.3, -0.25) is 0 Å². The minimum Gasteiger partial charge on any atom is -0.361 e. The Morgan fingerprint density at radius 3 is 2.46 bits per heavy atom. The number of benzene rings is 1. The predicted octanol–water partition coefficient (Wildman–Crippen LogP) is 5.57. The van der Waals surface area contributed by atoms with Crippen molar-refractivity contribution in [2.24, 2.45) is 17.8 Å². The van der Waals surface area contributed by atoms with Gasteiger partial charge in [0.05, 0.1) is 0 Å². The van der Waals surface area contributed by atoms with Crippen molar-refractivity contribution >= 4 is 22.5 Å². The summed E-state index contributed by atoms with van der Waals surface area (Å²) in [4.78, 5) is 21.4. The molecule has 1 aromatic heterocycles. The zero-order valence-electron chi connectivity index (χ0n) is 21.0. The van der Waals surface area contributed by atoms with Gasteiger partial charge in [-0.15, -0.1) is 0 Å². The Bertz CT molecular complexity index is 1110. The molecule has 6 aliphatic rings. The van der Waals surface area contributed by atoms with E-state index in [4.69, 9.17) is 0 Å². The monoisotopic (exact) mass is 472 g/mol. The van der Waals surface area contributed by atoms with Gasteiger partial charge in [0.2, 0.25) is 0 Å². The molecule has 0 spiro atoms. The van der Waals surface area contributed by atoms with E-state index in [2.05, 4.69) is 45.7 Å². The van der Waals surface area contributed by atoms with Crippen molar-refractivity contribution in [1.29, 1.82) is 0 Å². The molecule has 8 rings (SSSR count). The molecule has 4 saturated carbocycles. The fourth-order valence-electron chi connectivity index (χ4n) is 8.56. The molecular weight excluding hydrogens is 432 g/mol. The van der Waals surface area contributed by atoms with Crippen molar-refractivity contribution in [1.82, 2.24) is 20.1 Å². The third kappa shape index (κ3) is 4.20. The highest BCUT2D eigenvalue weighted by molar-refractivity contribution is 5.87. The molecule has 1 saturated heterocycles. The minimum atomic E-state index is 0.0978. The number of amides is 2. The van der Waals surface area contributed by atoms with E-state index in [1.54, 1.807) is 0 Å². The van der Waals surface area contributed by atoms with Gasteiger partial charge >= 0.3 is 6.03 Å². The zero-order chi connectivity index (χ0) is 23.4. The molecule has 5 fully saturated rings. The summed E-state index contributed by atoms with van der Waals surface area (Å²) in [6, 6.07) is 7.03. The summed E-state index contributed by atoms with van der Waals surface area (Å²) in [6.07, 6.45) is 17.1. The molecule has 2 amide bonds. The number of fused-ring (bicyclic) bond motifs is 1. The van der Waals surface area contributed by atoms with Gasteiger partial charge in [0.15, 0.2) is 0 Å². The van der Waals surface area contributed by atoms with E-state index >= 15 is 0 Å². The van der Waals surface area contributed by atoms with E-state index in [1.807, 2.05) is 4.90 Å². The maximum absolute atomic E-state index is 13.3. The van der Waals surface area contributed by atoms with E-state index < -0.39 is 0 Å². The second kappa shape index (κ2) is 8.69. The number of rotatable bonds is 5. The number of nitrogens with zero attached hydrogens (tertiary/aromatic N) is 2. The molecule has 35 heavy (non-hydrogen) atoms. The zero-order valence-corrected chi connectivity index (χ0v) is 21.0. The average Bonchev–Trinajstić information content (AvgIpc) is 3.51. The number of aromatic amines is 1. The van der Waals surface area contributed by atoms with Crippen molar-refractivity contribution < 1.29 is 4.79 Å². The molecule has 0 radical (unpaired) electrons. The van der Waals surface area contributed by atoms with E-state index in [9.17, 15) is 4.79 Å². The van der Waals surface area contributed by atoms with Gasteiger partial charge in [-0.05, 0) is 124 Å². The summed E-state index contributed by atoms with van der Waals surface area (Å²) in [5.41, 5.74) is 5.47. The lowest BCUT2D eigenvalue weighted by molar-refractivity contribution is -0.0155. The molecule has 2 aromatic rings.